The molecule has 2 rings (SSSR count). The van der Waals surface area contributed by atoms with Gasteiger partial charge in [-0.25, -0.2) is 0 Å². The van der Waals surface area contributed by atoms with Crippen molar-refractivity contribution in [2.45, 2.75) is 26.2 Å². The van der Waals surface area contributed by atoms with Gasteiger partial charge in [-0.05, 0) is 50.0 Å². The van der Waals surface area contributed by atoms with Gasteiger partial charge in [0.1, 0.15) is 0 Å². The number of benzene rings is 1. The molecule has 1 aliphatic heterocycles. The molecular weight excluding hydrogens is 473 g/mol. The molecule has 5 nitrogen and oxygen atoms in total. The molecule has 0 atom stereocenters. The molecule has 0 aliphatic carbocycles. The summed E-state index contributed by atoms with van der Waals surface area (Å²) in [5, 5.41) is 7.57. The van der Waals surface area contributed by atoms with Crippen LogP contribution in [0.5, 0.6) is 0 Å². The molecule has 27 heavy (non-hydrogen) atoms. The maximum Gasteiger partial charge on any atom is 0.190 e. The third kappa shape index (κ3) is 9.96. The van der Waals surface area contributed by atoms with Crippen LogP contribution in [-0.4, -0.2) is 75.2 Å². The topological polar surface area (TPSA) is 42.9 Å². The molecule has 1 aromatic carbocycles. The maximum absolute atomic E-state index is 6.02. The van der Waals surface area contributed by atoms with E-state index in [1.165, 1.54) is 57.7 Å². The second-order valence-electron chi connectivity index (χ2n) is 6.79. The number of hydrogen-bond acceptors (Lipinski definition) is 3. The zero-order valence-electron chi connectivity index (χ0n) is 16.7. The smallest absolute Gasteiger partial charge is 0.190 e. The Balaban J connectivity index is 0.00000364. The lowest BCUT2D eigenvalue weighted by Crippen LogP contribution is -2.46. The van der Waals surface area contributed by atoms with E-state index in [9.17, 15) is 0 Å². The fraction of sp³-hybridized carbons (Fsp3) is 0.650. The van der Waals surface area contributed by atoms with E-state index in [0.717, 1.165) is 30.5 Å². The summed E-state index contributed by atoms with van der Waals surface area (Å²) < 4.78 is 0. The number of likely N-dealkylation sites (N-methyl/N-ethyl adjacent to an activating group) is 1. The zero-order chi connectivity index (χ0) is 18.6. The molecule has 0 saturated carbocycles. The Morgan fingerprint density at radius 2 is 1.78 bits per heavy atom. The summed E-state index contributed by atoms with van der Waals surface area (Å²) in [4.78, 5) is 9.41. The summed E-state index contributed by atoms with van der Waals surface area (Å²) in [5.74, 6) is 0.878. The zero-order valence-corrected chi connectivity index (χ0v) is 19.8. The van der Waals surface area contributed by atoms with E-state index in [2.05, 4.69) is 38.4 Å². The molecule has 1 fully saturated rings. The van der Waals surface area contributed by atoms with Crippen LogP contribution in [0.25, 0.3) is 0 Å². The highest BCUT2D eigenvalue weighted by atomic mass is 127. The second-order valence-corrected chi connectivity index (χ2v) is 7.23. The maximum atomic E-state index is 6.02. The van der Waals surface area contributed by atoms with Crippen LogP contribution >= 0.6 is 35.6 Å². The number of halogens is 2. The number of piperazine rings is 1. The third-order valence-electron chi connectivity index (χ3n) is 4.92. The number of unbranched alkanes of at least 4 members (excludes halogenated alkanes) is 1. The van der Waals surface area contributed by atoms with Gasteiger partial charge in [0.2, 0.25) is 0 Å². The Hall–Kier alpha value is -0.570. The number of aliphatic imine (C=N–C) groups is 1. The first-order valence-electron chi connectivity index (χ1n) is 9.85. The molecule has 1 aromatic rings. The van der Waals surface area contributed by atoms with Gasteiger partial charge in [-0.15, -0.1) is 24.0 Å². The molecule has 1 saturated heterocycles. The number of nitrogens with zero attached hydrogens (tertiary/aromatic N) is 3. The molecule has 0 radical (unpaired) electrons. The highest BCUT2D eigenvalue weighted by Gasteiger charge is 2.14. The summed E-state index contributed by atoms with van der Waals surface area (Å²) in [6, 6.07) is 8.01. The third-order valence-corrected chi connectivity index (χ3v) is 5.16. The van der Waals surface area contributed by atoms with Gasteiger partial charge in [-0.3, -0.25) is 4.99 Å². The first-order chi connectivity index (χ1) is 12.7. The van der Waals surface area contributed by atoms with Crippen molar-refractivity contribution in [2.24, 2.45) is 4.99 Å². The fourth-order valence-corrected chi connectivity index (χ4v) is 3.45. The second kappa shape index (κ2) is 14.4. The van der Waals surface area contributed by atoms with Crippen molar-refractivity contribution < 1.29 is 0 Å². The summed E-state index contributed by atoms with van der Waals surface area (Å²) in [6.45, 7) is 11.3. The molecule has 0 unspecified atom stereocenters. The first kappa shape index (κ1) is 24.5. The lowest BCUT2D eigenvalue weighted by atomic mass is 10.1. The van der Waals surface area contributed by atoms with Crippen molar-refractivity contribution in [3.05, 3.63) is 34.9 Å². The Labute approximate surface area is 186 Å². The van der Waals surface area contributed by atoms with Gasteiger partial charge in [-0.1, -0.05) is 30.7 Å². The van der Waals surface area contributed by atoms with E-state index >= 15 is 0 Å². The van der Waals surface area contributed by atoms with Crippen LogP contribution in [-0.2, 0) is 6.42 Å². The molecule has 1 aliphatic rings. The summed E-state index contributed by atoms with van der Waals surface area (Å²) >= 11 is 6.02. The van der Waals surface area contributed by atoms with Crippen LogP contribution in [0.3, 0.4) is 0 Å². The SMILES string of the molecule is CCN1CCN(CCCCNC(=NC)NCCc2cccc(Cl)c2)CC1.I. The van der Waals surface area contributed by atoms with E-state index in [0.29, 0.717) is 0 Å². The van der Waals surface area contributed by atoms with Crippen LogP contribution in [0.4, 0.5) is 0 Å². The fourth-order valence-electron chi connectivity index (χ4n) is 3.23. The van der Waals surface area contributed by atoms with E-state index in [1.54, 1.807) is 0 Å². The average molecular weight is 508 g/mol. The molecular formula is C20H35ClIN5. The number of rotatable bonds is 9. The number of nitrogens with one attached hydrogen (secondary N) is 2. The summed E-state index contributed by atoms with van der Waals surface area (Å²) in [7, 11) is 1.82. The van der Waals surface area contributed by atoms with Gasteiger partial charge >= 0.3 is 0 Å². The molecule has 154 valence electrons. The van der Waals surface area contributed by atoms with Crippen LogP contribution in [0.2, 0.25) is 5.02 Å². The minimum atomic E-state index is 0. The van der Waals surface area contributed by atoms with Crippen molar-refractivity contribution in [3.63, 3.8) is 0 Å². The molecule has 0 amide bonds. The van der Waals surface area contributed by atoms with Crippen molar-refractivity contribution in [1.29, 1.82) is 0 Å². The van der Waals surface area contributed by atoms with E-state index in [-0.39, 0.29) is 24.0 Å². The summed E-state index contributed by atoms with van der Waals surface area (Å²) in [5.41, 5.74) is 1.24. The van der Waals surface area contributed by atoms with E-state index < -0.39 is 0 Å². The van der Waals surface area contributed by atoms with Gasteiger partial charge in [0.25, 0.3) is 0 Å². The number of guanidine groups is 1. The van der Waals surface area contributed by atoms with Crippen molar-refractivity contribution in [2.75, 3.05) is 59.4 Å². The van der Waals surface area contributed by atoms with Crippen molar-refractivity contribution >= 4 is 41.5 Å². The van der Waals surface area contributed by atoms with Gasteiger partial charge in [-0.2, -0.15) is 0 Å². The molecule has 2 N–H and O–H groups in total. The molecule has 0 spiro atoms. The molecule has 0 aromatic heterocycles. The lowest BCUT2D eigenvalue weighted by molar-refractivity contribution is 0.136. The van der Waals surface area contributed by atoms with Crippen molar-refractivity contribution in [3.8, 4) is 0 Å². The predicted octanol–water partition coefficient (Wildman–Crippen LogP) is 3.08. The van der Waals surface area contributed by atoms with E-state index in [4.69, 9.17) is 11.6 Å². The quantitative estimate of drug-likeness (QED) is 0.233. The molecule has 7 heteroatoms. The van der Waals surface area contributed by atoms with Crippen LogP contribution in [0.15, 0.2) is 29.3 Å². The highest BCUT2D eigenvalue weighted by molar-refractivity contribution is 14.0. The van der Waals surface area contributed by atoms with Crippen LogP contribution in [0, 0.1) is 0 Å². The minimum Gasteiger partial charge on any atom is -0.356 e. The molecule has 1 heterocycles. The van der Waals surface area contributed by atoms with Crippen molar-refractivity contribution in [1.82, 2.24) is 20.4 Å². The highest BCUT2D eigenvalue weighted by Crippen LogP contribution is 2.10. The van der Waals surface area contributed by atoms with Crippen LogP contribution < -0.4 is 10.6 Å². The first-order valence-corrected chi connectivity index (χ1v) is 10.2. The predicted molar refractivity (Wildman–Crippen MR) is 128 cm³/mol. The Kier molecular flexibility index (Phi) is 13.1. The van der Waals surface area contributed by atoms with Gasteiger partial charge in [0.05, 0.1) is 0 Å². The van der Waals surface area contributed by atoms with Gasteiger partial charge in [0, 0.05) is 51.3 Å². The lowest BCUT2D eigenvalue weighted by Gasteiger charge is -2.34. The normalized spacial score (nSPS) is 16.0. The number of hydrogen-bond donors (Lipinski definition) is 2. The molecule has 0 bridgehead atoms. The van der Waals surface area contributed by atoms with Gasteiger partial charge < -0.3 is 20.4 Å². The van der Waals surface area contributed by atoms with Crippen LogP contribution in [0.1, 0.15) is 25.3 Å². The standard InChI is InChI=1S/C20H34ClN5.HI/c1-3-25-13-15-26(16-14-25)12-5-4-10-23-20(22-2)24-11-9-18-7-6-8-19(21)17-18;/h6-8,17H,3-5,9-16H2,1-2H3,(H2,22,23,24);1H. The minimum absolute atomic E-state index is 0. The van der Waals surface area contributed by atoms with Gasteiger partial charge in [0.15, 0.2) is 5.96 Å². The Morgan fingerprint density at radius 1 is 1.07 bits per heavy atom. The monoisotopic (exact) mass is 507 g/mol. The average Bonchev–Trinajstić information content (AvgIpc) is 2.67. The Bertz CT molecular complexity index is 547. The Morgan fingerprint density at radius 3 is 2.44 bits per heavy atom. The summed E-state index contributed by atoms with van der Waals surface area (Å²) in [6.07, 6.45) is 3.34. The largest absolute Gasteiger partial charge is 0.356 e. The van der Waals surface area contributed by atoms with E-state index in [1.807, 2.05) is 25.2 Å².